The number of aryl methyl sites for hydroxylation is 1. The molecule has 0 bridgehead atoms. The Labute approximate surface area is 113 Å². The Bertz CT molecular complexity index is 561. The van der Waals surface area contributed by atoms with Crippen molar-refractivity contribution >= 4 is 0 Å². The van der Waals surface area contributed by atoms with Crippen LogP contribution in [-0.4, -0.2) is 11.1 Å². The first-order valence-corrected chi connectivity index (χ1v) is 6.67. The fourth-order valence-electron chi connectivity index (χ4n) is 2.03. The molecule has 1 aromatic carbocycles. The molecule has 0 saturated heterocycles. The van der Waals surface area contributed by atoms with Crippen molar-refractivity contribution in [3.8, 4) is 5.75 Å². The minimum atomic E-state index is -0.185. The first-order chi connectivity index (χ1) is 9.22. The van der Waals surface area contributed by atoms with Crippen molar-refractivity contribution in [2.24, 2.45) is 5.73 Å². The van der Waals surface area contributed by atoms with Gasteiger partial charge in [-0.3, -0.25) is 4.98 Å². The molecule has 0 radical (unpaired) electrons. The third kappa shape index (κ3) is 2.93. The van der Waals surface area contributed by atoms with E-state index in [9.17, 15) is 0 Å². The summed E-state index contributed by atoms with van der Waals surface area (Å²) in [5, 5.41) is 0. The number of ether oxygens (including phenoxy) is 1. The molecule has 1 heterocycles. The molecule has 0 aliphatic heterocycles. The van der Waals surface area contributed by atoms with Crippen LogP contribution in [0.2, 0.25) is 0 Å². The van der Waals surface area contributed by atoms with Crippen LogP contribution in [0.4, 0.5) is 0 Å². The molecule has 19 heavy (non-hydrogen) atoms. The van der Waals surface area contributed by atoms with Crippen LogP contribution >= 0.6 is 0 Å². The molecule has 3 heteroatoms. The van der Waals surface area contributed by atoms with E-state index in [4.69, 9.17) is 10.5 Å². The Morgan fingerprint density at radius 3 is 2.58 bits per heavy atom. The quantitative estimate of drug-likeness (QED) is 0.912. The SMILES string of the molecule is Cc1ccnc(C(N)c2ccc(OC3CC3)cc2)c1. The Morgan fingerprint density at radius 1 is 1.21 bits per heavy atom. The van der Waals surface area contributed by atoms with E-state index in [1.54, 1.807) is 6.20 Å². The lowest BCUT2D eigenvalue weighted by atomic mass is 10.0. The van der Waals surface area contributed by atoms with Crippen LogP contribution in [0, 0.1) is 6.92 Å². The van der Waals surface area contributed by atoms with Gasteiger partial charge in [-0.15, -0.1) is 0 Å². The Hall–Kier alpha value is -1.87. The summed E-state index contributed by atoms with van der Waals surface area (Å²) in [5.74, 6) is 0.927. The van der Waals surface area contributed by atoms with E-state index in [0.717, 1.165) is 17.0 Å². The second kappa shape index (κ2) is 5.02. The maximum absolute atomic E-state index is 6.25. The van der Waals surface area contributed by atoms with Crippen LogP contribution in [0.3, 0.4) is 0 Å². The van der Waals surface area contributed by atoms with Gasteiger partial charge in [0.05, 0.1) is 17.8 Å². The number of pyridine rings is 1. The number of nitrogens with zero attached hydrogens (tertiary/aromatic N) is 1. The molecule has 1 atom stereocenters. The largest absolute Gasteiger partial charge is 0.490 e. The molecule has 1 aromatic heterocycles. The fraction of sp³-hybridized carbons (Fsp3) is 0.312. The molecule has 3 nitrogen and oxygen atoms in total. The van der Waals surface area contributed by atoms with Gasteiger partial charge in [-0.25, -0.2) is 0 Å². The minimum Gasteiger partial charge on any atom is -0.490 e. The Kier molecular flexibility index (Phi) is 3.22. The summed E-state index contributed by atoms with van der Waals surface area (Å²) in [6, 6.07) is 11.8. The standard InChI is InChI=1S/C16H18N2O/c1-11-8-9-18-15(10-11)16(17)12-2-4-13(5-3-12)19-14-6-7-14/h2-5,8-10,14,16H,6-7,17H2,1H3. The second-order valence-electron chi connectivity index (χ2n) is 5.12. The highest BCUT2D eigenvalue weighted by atomic mass is 16.5. The van der Waals surface area contributed by atoms with Gasteiger partial charge >= 0.3 is 0 Å². The van der Waals surface area contributed by atoms with Crippen molar-refractivity contribution in [3.05, 3.63) is 59.4 Å². The first-order valence-electron chi connectivity index (χ1n) is 6.67. The van der Waals surface area contributed by atoms with E-state index in [2.05, 4.69) is 4.98 Å². The van der Waals surface area contributed by atoms with Crippen LogP contribution < -0.4 is 10.5 Å². The van der Waals surface area contributed by atoms with Crippen molar-refractivity contribution in [2.45, 2.75) is 31.9 Å². The van der Waals surface area contributed by atoms with Crippen LogP contribution in [-0.2, 0) is 0 Å². The van der Waals surface area contributed by atoms with E-state index in [0.29, 0.717) is 6.10 Å². The highest BCUT2D eigenvalue weighted by Crippen LogP contribution is 2.28. The number of nitrogens with two attached hydrogens (primary N) is 1. The molecule has 1 aliphatic carbocycles. The second-order valence-corrected chi connectivity index (χ2v) is 5.12. The summed E-state index contributed by atoms with van der Waals surface area (Å²) in [7, 11) is 0. The summed E-state index contributed by atoms with van der Waals surface area (Å²) in [4.78, 5) is 4.34. The molecule has 2 aromatic rings. The monoisotopic (exact) mass is 254 g/mol. The molecular formula is C16H18N2O. The third-order valence-corrected chi connectivity index (χ3v) is 3.32. The summed E-state index contributed by atoms with van der Waals surface area (Å²) >= 11 is 0. The van der Waals surface area contributed by atoms with Crippen LogP contribution in [0.15, 0.2) is 42.6 Å². The molecule has 2 N–H and O–H groups in total. The Balaban J connectivity index is 1.77. The average molecular weight is 254 g/mol. The lowest BCUT2D eigenvalue weighted by Crippen LogP contribution is -2.13. The fourth-order valence-corrected chi connectivity index (χ4v) is 2.03. The maximum Gasteiger partial charge on any atom is 0.119 e. The van der Waals surface area contributed by atoms with E-state index in [1.807, 2.05) is 43.3 Å². The van der Waals surface area contributed by atoms with Crippen LogP contribution in [0.1, 0.15) is 35.7 Å². The summed E-state index contributed by atoms with van der Waals surface area (Å²) in [5.41, 5.74) is 9.38. The van der Waals surface area contributed by atoms with Crippen molar-refractivity contribution < 1.29 is 4.74 Å². The summed E-state index contributed by atoms with van der Waals surface area (Å²) in [6.45, 7) is 2.05. The lowest BCUT2D eigenvalue weighted by Gasteiger charge is -2.13. The molecule has 3 rings (SSSR count). The average Bonchev–Trinajstić information content (AvgIpc) is 3.23. The lowest BCUT2D eigenvalue weighted by molar-refractivity contribution is 0.303. The predicted molar refractivity (Wildman–Crippen MR) is 75.1 cm³/mol. The summed E-state index contributed by atoms with van der Waals surface area (Å²) < 4.78 is 5.73. The molecular weight excluding hydrogens is 236 g/mol. The zero-order valence-corrected chi connectivity index (χ0v) is 11.0. The van der Waals surface area contributed by atoms with Gasteiger partial charge in [-0.05, 0) is 55.2 Å². The van der Waals surface area contributed by atoms with E-state index >= 15 is 0 Å². The summed E-state index contributed by atoms with van der Waals surface area (Å²) in [6.07, 6.45) is 4.58. The number of benzene rings is 1. The van der Waals surface area contributed by atoms with Gasteiger partial charge in [-0.2, -0.15) is 0 Å². The molecule has 98 valence electrons. The molecule has 0 spiro atoms. The van der Waals surface area contributed by atoms with Crippen molar-refractivity contribution in [2.75, 3.05) is 0 Å². The predicted octanol–water partition coefficient (Wildman–Crippen LogP) is 2.98. The highest BCUT2D eigenvalue weighted by Gasteiger charge is 2.23. The number of rotatable bonds is 4. The van der Waals surface area contributed by atoms with Gasteiger partial charge in [-0.1, -0.05) is 12.1 Å². The van der Waals surface area contributed by atoms with Crippen LogP contribution in [0.5, 0.6) is 5.75 Å². The van der Waals surface area contributed by atoms with Gasteiger partial charge in [0.15, 0.2) is 0 Å². The van der Waals surface area contributed by atoms with Gasteiger partial charge in [0.2, 0.25) is 0 Å². The van der Waals surface area contributed by atoms with Crippen LogP contribution in [0.25, 0.3) is 0 Å². The maximum atomic E-state index is 6.25. The number of hydrogen-bond acceptors (Lipinski definition) is 3. The zero-order chi connectivity index (χ0) is 13.2. The minimum absolute atomic E-state index is 0.185. The van der Waals surface area contributed by atoms with E-state index < -0.39 is 0 Å². The smallest absolute Gasteiger partial charge is 0.119 e. The molecule has 1 unspecified atom stereocenters. The van der Waals surface area contributed by atoms with Crippen molar-refractivity contribution in [1.29, 1.82) is 0 Å². The third-order valence-electron chi connectivity index (χ3n) is 3.32. The molecule has 1 aliphatic rings. The first kappa shape index (κ1) is 12.2. The van der Waals surface area contributed by atoms with Gasteiger partial charge in [0.1, 0.15) is 5.75 Å². The molecule has 0 amide bonds. The van der Waals surface area contributed by atoms with E-state index in [1.165, 1.54) is 18.4 Å². The van der Waals surface area contributed by atoms with Crippen molar-refractivity contribution in [3.63, 3.8) is 0 Å². The number of aromatic nitrogens is 1. The van der Waals surface area contributed by atoms with Gasteiger partial charge < -0.3 is 10.5 Å². The number of hydrogen-bond donors (Lipinski definition) is 1. The van der Waals surface area contributed by atoms with Gasteiger partial charge in [0.25, 0.3) is 0 Å². The topological polar surface area (TPSA) is 48.1 Å². The normalized spacial score (nSPS) is 16.1. The highest BCUT2D eigenvalue weighted by molar-refractivity contribution is 5.34. The zero-order valence-electron chi connectivity index (χ0n) is 11.0. The van der Waals surface area contributed by atoms with E-state index in [-0.39, 0.29) is 6.04 Å². The van der Waals surface area contributed by atoms with Crippen molar-refractivity contribution in [1.82, 2.24) is 4.98 Å². The van der Waals surface area contributed by atoms with Gasteiger partial charge in [0, 0.05) is 6.20 Å². The molecule has 1 saturated carbocycles. The molecule has 1 fully saturated rings. The Morgan fingerprint density at radius 2 is 1.95 bits per heavy atom.